The van der Waals surface area contributed by atoms with Gasteiger partial charge < -0.3 is 5.73 Å². The third-order valence-corrected chi connectivity index (χ3v) is 3.52. The number of hydrogen-bond donors (Lipinski definition) is 1. The fourth-order valence-corrected chi connectivity index (χ4v) is 2.47. The Labute approximate surface area is 117 Å². The molecule has 2 heterocycles. The monoisotopic (exact) mass is 351 g/mol. The van der Waals surface area contributed by atoms with Gasteiger partial charge in [-0.05, 0) is 5.56 Å². The molecule has 2 aromatic heterocycles. The van der Waals surface area contributed by atoms with Crippen LogP contribution in [0.3, 0.4) is 0 Å². The number of hydrogen-bond acceptors (Lipinski definition) is 4. The number of aromatic nitrogens is 4. The standard InChI is InChI=1S/C12H10IN5/c13-12-17-9-10(14)15-7-16-11(9)18(12)6-8-4-2-1-3-5-8/h1-5,7H,6H2,(H2,14,15,16). The van der Waals surface area contributed by atoms with E-state index < -0.39 is 0 Å². The first-order chi connectivity index (χ1) is 8.75. The minimum absolute atomic E-state index is 0.421. The summed E-state index contributed by atoms with van der Waals surface area (Å²) >= 11 is 2.19. The molecule has 0 amide bonds. The lowest BCUT2D eigenvalue weighted by Crippen LogP contribution is -2.03. The maximum Gasteiger partial charge on any atom is 0.174 e. The van der Waals surface area contributed by atoms with E-state index in [1.807, 2.05) is 22.8 Å². The Morgan fingerprint density at radius 1 is 1.17 bits per heavy atom. The van der Waals surface area contributed by atoms with E-state index in [1.165, 1.54) is 11.9 Å². The molecule has 0 bridgehead atoms. The summed E-state index contributed by atoms with van der Waals surface area (Å²) < 4.78 is 2.89. The highest BCUT2D eigenvalue weighted by molar-refractivity contribution is 14.1. The normalized spacial score (nSPS) is 10.9. The van der Waals surface area contributed by atoms with Crippen molar-refractivity contribution in [1.82, 2.24) is 19.5 Å². The Morgan fingerprint density at radius 2 is 1.94 bits per heavy atom. The lowest BCUT2D eigenvalue weighted by Gasteiger charge is -2.05. The lowest BCUT2D eigenvalue weighted by molar-refractivity contribution is 0.788. The van der Waals surface area contributed by atoms with E-state index in [-0.39, 0.29) is 0 Å². The smallest absolute Gasteiger partial charge is 0.174 e. The predicted molar refractivity (Wildman–Crippen MR) is 78.0 cm³/mol. The van der Waals surface area contributed by atoms with Crippen LogP contribution in [0.15, 0.2) is 36.7 Å². The molecule has 1 aromatic carbocycles. The molecule has 0 unspecified atom stereocenters. The highest BCUT2D eigenvalue weighted by Gasteiger charge is 2.12. The zero-order valence-corrected chi connectivity index (χ0v) is 11.6. The van der Waals surface area contributed by atoms with Crippen molar-refractivity contribution in [3.8, 4) is 0 Å². The minimum atomic E-state index is 0.421. The van der Waals surface area contributed by atoms with Crippen LogP contribution in [0.5, 0.6) is 0 Å². The van der Waals surface area contributed by atoms with Gasteiger partial charge in [-0.2, -0.15) is 0 Å². The van der Waals surface area contributed by atoms with Crippen molar-refractivity contribution in [1.29, 1.82) is 0 Å². The van der Waals surface area contributed by atoms with Crippen LogP contribution in [0.25, 0.3) is 11.2 Å². The molecule has 0 saturated carbocycles. The fraction of sp³-hybridized carbons (Fsp3) is 0.0833. The van der Waals surface area contributed by atoms with Crippen LogP contribution in [0, 0.1) is 3.83 Å². The van der Waals surface area contributed by atoms with Gasteiger partial charge in [-0.15, -0.1) is 0 Å². The highest BCUT2D eigenvalue weighted by atomic mass is 127. The number of nitrogens with two attached hydrogens (primary N) is 1. The van der Waals surface area contributed by atoms with E-state index >= 15 is 0 Å². The van der Waals surface area contributed by atoms with Crippen molar-refractivity contribution >= 4 is 39.6 Å². The SMILES string of the molecule is Nc1ncnc2c1nc(I)n2Cc1ccccc1. The molecule has 2 N–H and O–H groups in total. The zero-order valence-electron chi connectivity index (χ0n) is 9.42. The summed E-state index contributed by atoms with van der Waals surface area (Å²) in [5, 5.41) is 0. The first-order valence-electron chi connectivity index (χ1n) is 5.42. The average Bonchev–Trinajstić information content (AvgIpc) is 2.70. The van der Waals surface area contributed by atoms with Gasteiger partial charge in [-0.1, -0.05) is 30.3 Å². The summed E-state index contributed by atoms with van der Waals surface area (Å²) in [5.41, 5.74) is 8.44. The molecule has 3 rings (SSSR count). The van der Waals surface area contributed by atoms with Gasteiger partial charge in [-0.3, -0.25) is 4.57 Å². The van der Waals surface area contributed by atoms with Gasteiger partial charge in [0.15, 0.2) is 20.8 Å². The molecular weight excluding hydrogens is 341 g/mol. The second-order valence-corrected chi connectivity index (χ2v) is 4.85. The molecule has 90 valence electrons. The summed E-state index contributed by atoms with van der Waals surface area (Å²) in [6.45, 7) is 0.728. The summed E-state index contributed by atoms with van der Waals surface area (Å²) in [7, 11) is 0. The van der Waals surface area contributed by atoms with E-state index in [4.69, 9.17) is 5.73 Å². The van der Waals surface area contributed by atoms with E-state index in [9.17, 15) is 0 Å². The van der Waals surface area contributed by atoms with Crippen LogP contribution < -0.4 is 5.73 Å². The summed E-state index contributed by atoms with van der Waals surface area (Å²) in [5.74, 6) is 0.421. The quantitative estimate of drug-likeness (QED) is 0.567. The Kier molecular flexibility index (Phi) is 2.86. The van der Waals surface area contributed by atoms with Crippen molar-refractivity contribution < 1.29 is 0 Å². The van der Waals surface area contributed by atoms with E-state index in [1.54, 1.807) is 0 Å². The molecule has 0 aliphatic carbocycles. The van der Waals surface area contributed by atoms with E-state index in [0.29, 0.717) is 11.3 Å². The number of benzene rings is 1. The number of nitrogens with zero attached hydrogens (tertiary/aromatic N) is 4. The molecule has 0 spiro atoms. The van der Waals surface area contributed by atoms with Gasteiger partial charge in [0, 0.05) is 22.6 Å². The van der Waals surface area contributed by atoms with Gasteiger partial charge in [-0.25, -0.2) is 15.0 Å². The van der Waals surface area contributed by atoms with Crippen molar-refractivity contribution in [2.75, 3.05) is 5.73 Å². The topological polar surface area (TPSA) is 69.6 Å². The second-order valence-electron chi connectivity index (χ2n) is 3.88. The number of halogens is 1. The van der Waals surface area contributed by atoms with Crippen molar-refractivity contribution in [3.05, 3.63) is 46.1 Å². The van der Waals surface area contributed by atoms with Crippen LogP contribution in [-0.4, -0.2) is 19.5 Å². The molecule has 18 heavy (non-hydrogen) atoms. The Morgan fingerprint density at radius 3 is 2.72 bits per heavy atom. The molecule has 0 aliphatic heterocycles. The van der Waals surface area contributed by atoms with Crippen LogP contribution in [0.4, 0.5) is 5.82 Å². The lowest BCUT2D eigenvalue weighted by atomic mass is 10.2. The number of rotatable bonds is 2. The fourth-order valence-electron chi connectivity index (χ4n) is 1.83. The third kappa shape index (κ3) is 1.92. The maximum absolute atomic E-state index is 5.80. The summed E-state index contributed by atoms with van der Waals surface area (Å²) in [6, 6.07) is 10.2. The first-order valence-corrected chi connectivity index (χ1v) is 6.49. The number of anilines is 1. The molecule has 3 aromatic rings. The zero-order chi connectivity index (χ0) is 12.5. The van der Waals surface area contributed by atoms with Crippen LogP contribution in [-0.2, 0) is 6.54 Å². The Balaban J connectivity index is 2.12. The van der Waals surface area contributed by atoms with Crippen LogP contribution in [0.1, 0.15) is 5.56 Å². The molecule has 0 atom stereocenters. The summed E-state index contributed by atoms with van der Waals surface area (Å²) in [4.78, 5) is 12.6. The summed E-state index contributed by atoms with van der Waals surface area (Å²) in [6.07, 6.45) is 1.47. The number of imidazole rings is 1. The van der Waals surface area contributed by atoms with Gasteiger partial charge in [0.05, 0.1) is 6.54 Å². The van der Waals surface area contributed by atoms with E-state index in [0.717, 1.165) is 16.0 Å². The number of nitrogen functional groups attached to an aromatic ring is 1. The second kappa shape index (κ2) is 4.52. The molecule has 6 heteroatoms. The molecule has 0 aliphatic rings. The first kappa shape index (κ1) is 11.4. The van der Waals surface area contributed by atoms with Crippen LogP contribution in [0.2, 0.25) is 0 Å². The minimum Gasteiger partial charge on any atom is -0.382 e. The van der Waals surface area contributed by atoms with Crippen molar-refractivity contribution in [2.45, 2.75) is 6.54 Å². The average molecular weight is 351 g/mol. The van der Waals surface area contributed by atoms with Crippen molar-refractivity contribution in [2.24, 2.45) is 0 Å². The molecule has 0 saturated heterocycles. The maximum atomic E-state index is 5.80. The van der Waals surface area contributed by atoms with Gasteiger partial charge >= 0.3 is 0 Å². The van der Waals surface area contributed by atoms with E-state index in [2.05, 4.69) is 49.7 Å². The highest BCUT2D eigenvalue weighted by Crippen LogP contribution is 2.20. The molecule has 0 radical (unpaired) electrons. The van der Waals surface area contributed by atoms with Gasteiger partial charge in [0.2, 0.25) is 0 Å². The largest absolute Gasteiger partial charge is 0.382 e. The Hall–Kier alpha value is -1.70. The Bertz CT molecular complexity index is 692. The number of fused-ring (bicyclic) bond motifs is 1. The molecule has 0 fully saturated rings. The molecule has 5 nitrogen and oxygen atoms in total. The van der Waals surface area contributed by atoms with Gasteiger partial charge in [0.25, 0.3) is 0 Å². The van der Waals surface area contributed by atoms with Gasteiger partial charge in [0.1, 0.15) is 6.33 Å². The van der Waals surface area contributed by atoms with Crippen molar-refractivity contribution in [3.63, 3.8) is 0 Å². The third-order valence-electron chi connectivity index (χ3n) is 2.70. The predicted octanol–water partition coefficient (Wildman–Crippen LogP) is 2.06. The molecular formula is C12H10IN5. The van der Waals surface area contributed by atoms with Crippen LogP contribution >= 0.6 is 22.6 Å².